The van der Waals surface area contributed by atoms with Gasteiger partial charge in [-0.05, 0) is 57.4 Å². The zero-order valence-electron chi connectivity index (χ0n) is 9.13. The van der Waals surface area contributed by atoms with Crippen LogP contribution in [-0.2, 0) is 0 Å². The van der Waals surface area contributed by atoms with E-state index in [1.54, 1.807) is 0 Å². The molecule has 0 radical (unpaired) electrons. The van der Waals surface area contributed by atoms with Crippen LogP contribution in [-0.4, -0.2) is 0 Å². The van der Waals surface area contributed by atoms with Gasteiger partial charge in [0.1, 0.15) is 0 Å². The molecule has 0 spiro atoms. The lowest BCUT2D eigenvalue weighted by atomic mass is 10.00. The van der Waals surface area contributed by atoms with Crippen LogP contribution in [0.25, 0.3) is 0 Å². The van der Waals surface area contributed by atoms with E-state index in [-0.39, 0.29) is 6.04 Å². The highest BCUT2D eigenvalue weighted by atomic mass is 79.9. The SMILES string of the molecule is NC(c1ccc(Br)c(Cl)c1)c1cc(Br)ccc1Br. The Bertz CT molecular complexity index is 586. The lowest BCUT2D eigenvalue weighted by Gasteiger charge is -2.15. The first kappa shape index (κ1) is 14.5. The van der Waals surface area contributed by atoms with E-state index in [2.05, 4.69) is 47.8 Å². The molecule has 0 fully saturated rings. The first-order chi connectivity index (χ1) is 8.49. The van der Waals surface area contributed by atoms with Crippen LogP contribution in [0.5, 0.6) is 0 Å². The maximum absolute atomic E-state index is 6.28. The fourth-order valence-corrected chi connectivity index (χ4v) is 2.95. The molecule has 0 aromatic heterocycles. The summed E-state index contributed by atoms with van der Waals surface area (Å²) < 4.78 is 2.85. The van der Waals surface area contributed by atoms with Gasteiger partial charge in [-0.2, -0.15) is 0 Å². The van der Waals surface area contributed by atoms with Crippen LogP contribution in [0.15, 0.2) is 49.8 Å². The van der Waals surface area contributed by atoms with Crippen molar-refractivity contribution in [3.05, 3.63) is 66.0 Å². The zero-order chi connectivity index (χ0) is 13.3. The first-order valence-electron chi connectivity index (χ1n) is 5.14. The molecule has 0 bridgehead atoms. The van der Waals surface area contributed by atoms with Gasteiger partial charge in [0.25, 0.3) is 0 Å². The largest absolute Gasteiger partial charge is 0.320 e. The third-order valence-electron chi connectivity index (χ3n) is 2.60. The molecule has 0 amide bonds. The summed E-state index contributed by atoms with van der Waals surface area (Å²) in [6.07, 6.45) is 0. The molecular weight excluding hydrogens is 445 g/mol. The Hall–Kier alpha value is 0.130. The lowest BCUT2D eigenvalue weighted by molar-refractivity contribution is 0.864. The molecule has 0 saturated carbocycles. The Morgan fingerprint density at radius 1 is 0.944 bits per heavy atom. The molecule has 1 nitrogen and oxygen atoms in total. The molecule has 94 valence electrons. The Morgan fingerprint density at radius 2 is 1.61 bits per heavy atom. The number of halogens is 4. The molecule has 2 aromatic rings. The van der Waals surface area contributed by atoms with E-state index in [4.69, 9.17) is 17.3 Å². The van der Waals surface area contributed by atoms with Crippen molar-refractivity contribution in [1.82, 2.24) is 0 Å². The molecule has 0 saturated heterocycles. The first-order valence-corrected chi connectivity index (χ1v) is 7.90. The molecule has 1 unspecified atom stereocenters. The molecule has 2 rings (SSSR count). The van der Waals surface area contributed by atoms with Gasteiger partial charge in [-0.1, -0.05) is 49.5 Å². The van der Waals surface area contributed by atoms with Crippen molar-refractivity contribution in [2.45, 2.75) is 6.04 Å². The summed E-state index contributed by atoms with van der Waals surface area (Å²) >= 11 is 16.4. The van der Waals surface area contributed by atoms with E-state index >= 15 is 0 Å². The molecule has 0 heterocycles. The van der Waals surface area contributed by atoms with Crippen molar-refractivity contribution in [2.75, 3.05) is 0 Å². The fourth-order valence-electron chi connectivity index (χ4n) is 1.64. The maximum atomic E-state index is 6.28. The smallest absolute Gasteiger partial charge is 0.0563 e. The van der Waals surface area contributed by atoms with Crippen LogP contribution >= 0.6 is 59.4 Å². The minimum Gasteiger partial charge on any atom is -0.320 e. The lowest BCUT2D eigenvalue weighted by Crippen LogP contribution is -2.12. The summed E-state index contributed by atoms with van der Waals surface area (Å²) in [5, 5.41) is 0.661. The third-order valence-corrected chi connectivity index (χ3v) is 5.04. The zero-order valence-corrected chi connectivity index (χ0v) is 14.6. The second-order valence-electron chi connectivity index (χ2n) is 3.82. The molecule has 0 aliphatic carbocycles. The van der Waals surface area contributed by atoms with E-state index in [0.717, 1.165) is 24.5 Å². The second-order valence-corrected chi connectivity index (χ2v) is 6.85. The van der Waals surface area contributed by atoms with Gasteiger partial charge in [0, 0.05) is 13.4 Å². The van der Waals surface area contributed by atoms with Gasteiger partial charge in [-0.25, -0.2) is 0 Å². The fraction of sp³-hybridized carbons (Fsp3) is 0.0769. The Balaban J connectivity index is 2.44. The van der Waals surface area contributed by atoms with Crippen molar-refractivity contribution in [3.63, 3.8) is 0 Å². The highest BCUT2D eigenvalue weighted by Gasteiger charge is 2.13. The Morgan fingerprint density at radius 3 is 2.28 bits per heavy atom. The summed E-state index contributed by atoms with van der Waals surface area (Å²) in [6, 6.07) is 11.5. The van der Waals surface area contributed by atoms with E-state index < -0.39 is 0 Å². The standard InChI is InChI=1S/C13H9Br3ClN/c14-8-2-4-10(15)9(6-8)13(18)7-1-3-11(16)12(17)5-7/h1-6,13H,18H2. The minimum atomic E-state index is -0.220. The summed E-state index contributed by atoms with van der Waals surface area (Å²) in [4.78, 5) is 0. The van der Waals surface area contributed by atoms with Crippen molar-refractivity contribution < 1.29 is 0 Å². The molecule has 0 aliphatic rings. The summed E-state index contributed by atoms with van der Waals surface area (Å²) in [6.45, 7) is 0. The van der Waals surface area contributed by atoms with Crippen LogP contribution in [0.2, 0.25) is 5.02 Å². The van der Waals surface area contributed by atoms with Crippen molar-refractivity contribution >= 4 is 59.4 Å². The molecular formula is C13H9Br3ClN. The van der Waals surface area contributed by atoms with Crippen LogP contribution in [0.3, 0.4) is 0 Å². The number of hydrogen-bond acceptors (Lipinski definition) is 1. The number of benzene rings is 2. The number of hydrogen-bond donors (Lipinski definition) is 1. The van der Waals surface area contributed by atoms with E-state index in [1.165, 1.54) is 0 Å². The topological polar surface area (TPSA) is 26.0 Å². The average Bonchev–Trinajstić information content (AvgIpc) is 2.35. The maximum Gasteiger partial charge on any atom is 0.0563 e. The Kier molecular flexibility index (Phi) is 4.89. The van der Waals surface area contributed by atoms with Gasteiger partial charge in [-0.15, -0.1) is 0 Å². The molecule has 5 heteroatoms. The van der Waals surface area contributed by atoms with Crippen LogP contribution in [0.4, 0.5) is 0 Å². The molecule has 18 heavy (non-hydrogen) atoms. The van der Waals surface area contributed by atoms with Crippen molar-refractivity contribution in [2.24, 2.45) is 5.73 Å². The van der Waals surface area contributed by atoms with Crippen LogP contribution < -0.4 is 5.73 Å². The van der Waals surface area contributed by atoms with E-state index in [9.17, 15) is 0 Å². The third kappa shape index (κ3) is 3.17. The van der Waals surface area contributed by atoms with Crippen molar-refractivity contribution in [3.8, 4) is 0 Å². The monoisotopic (exact) mass is 451 g/mol. The molecule has 2 N–H and O–H groups in total. The van der Waals surface area contributed by atoms with Crippen LogP contribution in [0, 0.1) is 0 Å². The predicted octanol–water partition coefficient (Wildman–Crippen LogP) is 5.68. The summed E-state index contributed by atoms with van der Waals surface area (Å²) in [5.41, 5.74) is 8.27. The van der Waals surface area contributed by atoms with Gasteiger partial charge in [-0.3, -0.25) is 0 Å². The minimum absolute atomic E-state index is 0.220. The second kappa shape index (κ2) is 6.06. The van der Waals surface area contributed by atoms with Crippen LogP contribution in [0.1, 0.15) is 17.2 Å². The van der Waals surface area contributed by atoms with Crippen molar-refractivity contribution in [1.29, 1.82) is 0 Å². The van der Waals surface area contributed by atoms with Gasteiger partial charge in [0.05, 0.1) is 11.1 Å². The average molecular weight is 454 g/mol. The highest BCUT2D eigenvalue weighted by Crippen LogP contribution is 2.32. The quantitative estimate of drug-likeness (QED) is 0.621. The van der Waals surface area contributed by atoms with Gasteiger partial charge < -0.3 is 5.73 Å². The summed E-state index contributed by atoms with van der Waals surface area (Å²) in [7, 11) is 0. The van der Waals surface area contributed by atoms with E-state index in [1.807, 2.05) is 36.4 Å². The molecule has 2 aromatic carbocycles. The van der Waals surface area contributed by atoms with Gasteiger partial charge in [0.15, 0.2) is 0 Å². The number of nitrogens with two attached hydrogens (primary N) is 1. The predicted molar refractivity (Wildman–Crippen MR) is 87.0 cm³/mol. The van der Waals surface area contributed by atoms with Gasteiger partial charge in [0.2, 0.25) is 0 Å². The Labute approximate surface area is 136 Å². The van der Waals surface area contributed by atoms with E-state index in [0.29, 0.717) is 5.02 Å². The molecule has 1 atom stereocenters. The number of rotatable bonds is 2. The summed E-state index contributed by atoms with van der Waals surface area (Å²) in [5.74, 6) is 0. The molecule has 0 aliphatic heterocycles. The highest BCUT2D eigenvalue weighted by molar-refractivity contribution is 9.11. The normalized spacial score (nSPS) is 12.5. The van der Waals surface area contributed by atoms with Gasteiger partial charge >= 0.3 is 0 Å².